The van der Waals surface area contributed by atoms with E-state index in [2.05, 4.69) is 11.4 Å². The lowest BCUT2D eigenvalue weighted by molar-refractivity contribution is -0.118. The number of amides is 1. The largest absolute Gasteiger partial charge is 0.356 e. The zero-order valence-electron chi connectivity index (χ0n) is 15.0. The van der Waals surface area contributed by atoms with Crippen molar-refractivity contribution < 1.29 is 14.0 Å². The van der Waals surface area contributed by atoms with E-state index in [1.807, 2.05) is 36.4 Å². The number of hydrogen-bond acceptors (Lipinski definition) is 3. The van der Waals surface area contributed by atoms with Crippen molar-refractivity contribution in [3.8, 4) is 0 Å². The number of nitrogens with one attached hydrogen (secondary N) is 1. The minimum Gasteiger partial charge on any atom is -0.356 e. The van der Waals surface area contributed by atoms with Gasteiger partial charge in [0.15, 0.2) is 5.78 Å². The van der Waals surface area contributed by atoms with E-state index in [0.29, 0.717) is 24.1 Å². The van der Waals surface area contributed by atoms with Gasteiger partial charge in [-0.1, -0.05) is 42.5 Å². The van der Waals surface area contributed by atoms with Crippen molar-refractivity contribution in [1.29, 1.82) is 0 Å². The van der Waals surface area contributed by atoms with Crippen LogP contribution in [0.4, 0.5) is 4.39 Å². The van der Waals surface area contributed by atoms with Gasteiger partial charge in [0.05, 0.1) is 5.75 Å². The van der Waals surface area contributed by atoms with Crippen LogP contribution in [0, 0.1) is 5.82 Å². The van der Waals surface area contributed by atoms with Gasteiger partial charge >= 0.3 is 0 Å². The number of Topliss-reactive ketones (excluding diaryl/α,β-unsaturated/α-hetero) is 1. The van der Waals surface area contributed by atoms with E-state index >= 15 is 0 Å². The first-order valence-electron chi connectivity index (χ1n) is 8.70. The highest BCUT2D eigenvalue weighted by atomic mass is 32.2. The second kappa shape index (κ2) is 8.82. The first-order chi connectivity index (χ1) is 13.0. The molecule has 0 aliphatic heterocycles. The highest BCUT2D eigenvalue weighted by molar-refractivity contribution is 8.00. The second-order valence-corrected chi connectivity index (χ2v) is 7.31. The molecule has 0 bridgehead atoms. The van der Waals surface area contributed by atoms with Crippen molar-refractivity contribution >= 4 is 34.2 Å². The lowest BCUT2D eigenvalue weighted by Crippen LogP contribution is -2.22. The zero-order chi connectivity index (χ0) is 19.2. The van der Waals surface area contributed by atoms with Crippen LogP contribution in [0.3, 0.4) is 0 Å². The molecule has 0 spiro atoms. The summed E-state index contributed by atoms with van der Waals surface area (Å²) in [5.41, 5.74) is 0.853. The van der Waals surface area contributed by atoms with Crippen molar-refractivity contribution in [3.63, 3.8) is 0 Å². The molecule has 1 amide bonds. The van der Waals surface area contributed by atoms with Gasteiger partial charge in [0.2, 0.25) is 5.91 Å². The molecule has 3 rings (SSSR count). The molecule has 0 fully saturated rings. The zero-order valence-corrected chi connectivity index (χ0v) is 15.8. The molecule has 0 saturated heterocycles. The van der Waals surface area contributed by atoms with Gasteiger partial charge in [-0.3, -0.25) is 9.59 Å². The first-order valence-corrected chi connectivity index (χ1v) is 9.69. The van der Waals surface area contributed by atoms with Crippen LogP contribution in [-0.2, 0) is 11.2 Å². The smallest absolute Gasteiger partial charge is 0.216 e. The topological polar surface area (TPSA) is 46.2 Å². The Morgan fingerprint density at radius 1 is 1.00 bits per heavy atom. The number of carbonyl (C=O) groups excluding carboxylic acids is 2. The number of benzene rings is 3. The fraction of sp³-hybridized carbons (Fsp3) is 0.182. The summed E-state index contributed by atoms with van der Waals surface area (Å²) in [6, 6.07) is 18.7. The van der Waals surface area contributed by atoms with Crippen LogP contribution in [0.1, 0.15) is 22.8 Å². The molecule has 0 saturated carbocycles. The van der Waals surface area contributed by atoms with E-state index in [9.17, 15) is 14.0 Å². The van der Waals surface area contributed by atoms with Crippen molar-refractivity contribution in [1.82, 2.24) is 5.32 Å². The number of rotatable bonds is 7. The molecular formula is C22H20FNO2S. The van der Waals surface area contributed by atoms with Crippen LogP contribution >= 0.6 is 11.8 Å². The van der Waals surface area contributed by atoms with Crippen LogP contribution in [0.25, 0.3) is 10.8 Å². The van der Waals surface area contributed by atoms with Crippen LogP contribution in [0.15, 0.2) is 65.6 Å². The number of thioether (sulfide) groups is 1. The standard InChI is InChI=1S/C22H20FNO2S/c1-15(25)24-11-10-17-6-7-19(13-21(17)23)22(26)14-27-20-9-8-16-4-2-3-5-18(16)12-20/h2-9,12-13H,10-11,14H2,1H3,(H,24,25). The third-order valence-electron chi connectivity index (χ3n) is 4.23. The minimum absolute atomic E-state index is 0.111. The lowest BCUT2D eigenvalue weighted by Gasteiger charge is -2.07. The Morgan fingerprint density at radius 2 is 1.78 bits per heavy atom. The number of halogens is 1. The van der Waals surface area contributed by atoms with Gasteiger partial charge < -0.3 is 5.32 Å². The molecule has 1 N–H and O–H groups in total. The Labute approximate surface area is 162 Å². The number of carbonyl (C=O) groups is 2. The number of ketones is 1. The van der Waals surface area contributed by atoms with Crippen molar-refractivity contribution in [2.75, 3.05) is 12.3 Å². The minimum atomic E-state index is -0.415. The van der Waals surface area contributed by atoms with Gasteiger partial charge in [-0.05, 0) is 41.0 Å². The number of hydrogen-bond donors (Lipinski definition) is 1. The first kappa shape index (κ1) is 19.1. The molecule has 3 nitrogen and oxygen atoms in total. The second-order valence-electron chi connectivity index (χ2n) is 6.26. The maximum absolute atomic E-state index is 14.2. The fourth-order valence-electron chi connectivity index (χ4n) is 2.79. The summed E-state index contributed by atoms with van der Waals surface area (Å²) in [6.45, 7) is 1.79. The number of fused-ring (bicyclic) bond motifs is 1. The summed E-state index contributed by atoms with van der Waals surface area (Å²) < 4.78 is 14.2. The molecule has 0 unspecified atom stereocenters. The molecule has 0 radical (unpaired) electrons. The average Bonchev–Trinajstić information content (AvgIpc) is 2.67. The summed E-state index contributed by atoms with van der Waals surface area (Å²) >= 11 is 1.45. The highest BCUT2D eigenvalue weighted by Crippen LogP contribution is 2.24. The molecule has 0 aliphatic carbocycles. The SMILES string of the molecule is CC(=O)NCCc1ccc(C(=O)CSc2ccc3ccccc3c2)cc1F. The Morgan fingerprint density at radius 3 is 2.52 bits per heavy atom. The third-order valence-corrected chi connectivity index (χ3v) is 5.23. The maximum atomic E-state index is 14.2. The predicted octanol–water partition coefficient (Wildman–Crippen LogP) is 4.63. The molecule has 0 aliphatic rings. The molecule has 3 aromatic carbocycles. The quantitative estimate of drug-likeness (QED) is 0.479. The third kappa shape index (κ3) is 5.17. The van der Waals surface area contributed by atoms with E-state index in [1.54, 1.807) is 12.1 Å². The Kier molecular flexibility index (Phi) is 6.24. The molecule has 27 heavy (non-hydrogen) atoms. The van der Waals surface area contributed by atoms with Gasteiger partial charge in [-0.25, -0.2) is 4.39 Å². The van der Waals surface area contributed by atoms with E-state index in [0.717, 1.165) is 15.7 Å². The normalized spacial score (nSPS) is 10.7. The lowest BCUT2D eigenvalue weighted by atomic mass is 10.1. The van der Waals surface area contributed by atoms with Crippen LogP contribution in [-0.4, -0.2) is 24.0 Å². The van der Waals surface area contributed by atoms with Crippen molar-refractivity contribution in [2.24, 2.45) is 0 Å². The van der Waals surface area contributed by atoms with Crippen molar-refractivity contribution in [3.05, 3.63) is 77.6 Å². The van der Waals surface area contributed by atoms with Gasteiger partial charge in [-0.15, -0.1) is 11.8 Å². The van der Waals surface area contributed by atoms with E-state index in [4.69, 9.17) is 0 Å². The molecular weight excluding hydrogens is 361 g/mol. The highest BCUT2D eigenvalue weighted by Gasteiger charge is 2.11. The Hall–Kier alpha value is -2.66. The summed E-state index contributed by atoms with van der Waals surface area (Å²) in [5.74, 6) is -0.418. The van der Waals surface area contributed by atoms with Gasteiger partial charge in [-0.2, -0.15) is 0 Å². The predicted molar refractivity (Wildman–Crippen MR) is 108 cm³/mol. The monoisotopic (exact) mass is 381 g/mol. The summed E-state index contributed by atoms with van der Waals surface area (Å²) in [4.78, 5) is 24.3. The van der Waals surface area contributed by atoms with E-state index < -0.39 is 5.82 Å². The Bertz CT molecular complexity index is 987. The van der Waals surface area contributed by atoms with Gasteiger partial charge in [0.1, 0.15) is 5.82 Å². The van der Waals surface area contributed by atoms with Crippen LogP contribution < -0.4 is 5.32 Å². The molecule has 0 aromatic heterocycles. The molecule has 5 heteroatoms. The van der Waals surface area contributed by atoms with E-state index in [-0.39, 0.29) is 17.4 Å². The fourth-order valence-corrected chi connectivity index (χ4v) is 3.63. The van der Waals surface area contributed by atoms with Crippen molar-refractivity contribution in [2.45, 2.75) is 18.2 Å². The maximum Gasteiger partial charge on any atom is 0.216 e. The van der Waals surface area contributed by atoms with Crippen LogP contribution in [0.5, 0.6) is 0 Å². The summed E-state index contributed by atoms with van der Waals surface area (Å²) in [5, 5.41) is 4.92. The van der Waals surface area contributed by atoms with Crippen LogP contribution in [0.2, 0.25) is 0 Å². The Balaban J connectivity index is 1.61. The van der Waals surface area contributed by atoms with E-state index in [1.165, 1.54) is 24.8 Å². The molecule has 0 heterocycles. The summed E-state index contributed by atoms with van der Waals surface area (Å²) in [6.07, 6.45) is 0.395. The molecule has 3 aromatic rings. The van der Waals surface area contributed by atoms with Gasteiger partial charge in [0, 0.05) is 23.9 Å². The van der Waals surface area contributed by atoms with Gasteiger partial charge in [0.25, 0.3) is 0 Å². The average molecular weight is 381 g/mol. The molecule has 138 valence electrons. The molecule has 0 atom stereocenters. The summed E-state index contributed by atoms with van der Waals surface area (Å²) in [7, 11) is 0.